The topological polar surface area (TPSA) is 131 Å². The first kappa shape index (κ1) is 16.7. The average molecular weight is 300 g/mol. The molecule has 1 aromatic carbocycles. The van der Waals surface area contributed by atoms with Crippen molar-refractivity contribution < 1.29 is 29.4 Å². The number of hydrogen-bond acceptors (Lipinski definition) is 7. The number of nitro groups is 1. The van der Waals surface area contributed by atoms with E-state index in [-0.39, 0.29) is 29.3 Å². The van der Waals surface area contributed by atoms with E-state index in [1.54, 1.807) is 0 Å². The van der Waals surface area contributed by atoms with Gasteiger partial charge in [0.2, 0.25) is 0 Å². The summed E-state index contributed by atoms with van der Waals surface area (Å²) in [4.78, 5) is 21.2. The molecule has 0 aliphatic heterocycles. The summed E-state index contributed by atoms with van der Waals surface area (Å²) in [7, 11) is 2.74. The average Bonchev–Trinajstić information content (AvgIpc) is 2.46. The summed E-state index contributed by atoms with van der Waals surface area (Å²) in [6.45, 7) is -0.745. The molecule has 0 bridgehead atoms. The van der Waals surface area contributed by atoms with E-state index in [1.165, 1.54) is 26.4 Å². The third-order valence-corrected chi connectivity index (χ3v) is 2.80. The van der Waals surface area contributed by atoms with Crippen LogP contribution < -0.4 is 14.8 Å². The highest BCUT2D eigenvalue weighted by atomic mass is 16.6. The van der Waals surface area contributed by atoms with E-state index in [1.807, 2.05) is 0 Å². The van der Waals surface area contributed by atoms with Crippen molar-refractivity contribution in [1.29, 1.82) is 0 Å². The number of rotatable bonds is 8. The fourth-order valence-electron chi connectivity index (χ4n) is 1.69. The van der Waals surface area contributed by atoms with E-state index in [2.05, 4.69) is 5.32 Å². The molecule has 21 heavy (non-hydrogen) atoms. The van der Waals surface area contributed by atoms with Crippen LogP contribution in [-0.2, 0) is 11.3 Å². The largest absolute Gasteiger partial charge is 0.493 e. The van der Waals surface area contributed by atoms with Crippen molar-refractivity contribution in [3.63, 3.8) is 0 Å². The monoisotopic (exact) mass is 300 g/mol. The zero-order chi connectivity index (χ0) is 16.0. The highest BCUT2D eigenvalue weighted by Gasteiger charge is 2.22. The molecule has 0 aliphatic carbocycles. The Hall–Kier alpha value is -2.39. The predicted octanol–water partition coefficient (Wildman–Crippen LogP) is 0.147. The number of nitro benzene ring substituents is 1. The Morgan fingerprint density at radius 3 is 2.38 bits per heavy atom. The molecule has 1 rings (SSSR count). The molecule has 9 heteroatoms. The van der Waals surface area contributed by atoms with E-state index in [0.29, 0.717) is 0 Å². The van der Waals surface area contributed by atoms with E-state index in [0.717, 1.165) is 0 Å². The lowest BCUT2D eigenvalue weighted by Gasteiger charge is -2.14. The van der Waals surface area contributed by atoms with Gasteiger partial charge in [0.1, 0.15) is 6.04 Å². The van der Waals surface area contributed by atoms with Crippen molar-refractivity contribution in [3.8, 4) is 11.5 Å². The molecule has 0 saturated carbocycles. The van der Waals surface area contributed by atoms with E-state index in [9.17, 15) is 14.9 Å². The standard InChI is InChI=1S/C12H16N2O7/c1-20-10-3-7(5-13-8(6-15)12(16)17)9(14(18)19)4-11(10)21-2/h3-4,8,13,15H,5-6H2,1-2H3,(H,16,17). The summed E-state index contributed by atoms with van der Waals surface area (Å²) in [6.07, 6.45) is 0. The summed E-state index contributed by atoms with van der Waals surface area (Å²) in [6, 6.07) is 1.38. The van der Waals surface area contributed by atoms with Crippen molar-refractivity contribution >= 4 is 11.7 Å². The van der Waals surface area contributed by atoms with Crippen LogP contribution in [0, 0.1) is 10.1 Å². The maximum Gasteiger partial charge on any atom is 0.323 e. The highest BCUT2D eigenvalue weighted by Crippen LogP contribution is 2.34. The van der Waals surface area contributed by atoms with Crippen LogP contribution in [0.2, 0.25) is 0 Å². The summed E-state index contributed by atoms with van der Waals surface area (Å²) in [5, 5.41) is 31.3. The number of carbonyl (C=O) groups is 1. The minimum atomic E-state index is -1.25. The van der Waals surface area contributed by atoms with Crippen LogP contribution in [0.5, 0.6) is 11.5 Å². The first-order chi connectivity index (χ1) is 9.94. The lowest BCUT2D eigenvalue weighted by molar-refractivity contribution is -0.385. The Bertz CT molecular complexity index is 533. The zero-order valence-corrected chi connectivity index (χ0v) is 11.5. The van der Waals surface area contributed by atoms with Crippen LogP contribution >= 0.6 is 0 Å². The van der Waals surface area contributed by atoms with Gasteiger partial charge in [-0.2, -0.15) is 0 Å². The Morgan fingerprint density at radius 1 is 1.38 bits per heavy atom. The van der Waals surface area contributed by atoms with Gasteiger partial charge < -0.3 is 19.7 Å². The van der Waals surface area contributed by atoms with Gasteiger partial charge in [0.15, 0.2) is 11.5 Å². The molecule has 1 unspecified atom stereocenters. The van der Waals surface area contributed by atoms with E-state index < -0.39 is 23.5 Å². The molecule has 116 valence electrons. The summed E-state index contributed by atoms with van der Waals surface area (Å²) in [5.41, 5.74) is -0.0143. The quantitative estimate of drug-likeness (QED) is 0.456. The van der Waals surface area contributed by atoms with Gasteiger partial charge in [-0.25, -0.2) is 0 Å². The van der Waals surface area contributed by atoms with Gasteiger partial charge in [0.25, 0.3) is 5.69 Å². The number of aliphatic hydroxyl groups is 1. The van der Waals surface area contributed by atoms with Gasteiger partial charge in [0.05, 0.1) is 31.8 Å². The van der Waals surface area contributed by atoms with Gasteiger partial charge in [-0.05, 0) is 6.07 Å². The number of hydrogen-bond donors (Lipinski definition) is 3. The number of nitrogens with zero attached hydrogens (tertiary/aromatic N) is 1. The van der Waals surface area contributed by atoms with Gasteiger partial charge >= 0.3 is 5.97 Å². The lowest BCUT2D eigenvalue weighted by Crippen LogP contribution is -2.39. The third-order valence-electron chi connectivity index (χ3n) is 2.80. The molecule has 0 spiro atoms. The fourth-order valence-corrected chi connectivity index (χ4v) is 1.69. The van der Waals surface area contributed by atoms with E-state index >= 15 is 0 Å². The van der Waals surface area contributed by atoms with Gasteiger partial charge in [0, 0.05) is 12.1 Å². The molecule has 1 aromatic rings. The molecule has 0 aromatic heterocycles. The van der Waals surface area contributed by atoms with Gasteiger partial charge in [-0.15, -0.1) is 0 Å². The lowest BCUT2D eigenvalue weighted by atomic mass is 10.1. The van der Waals surface area contributed by atoms with Crippen LogP contribution in [0.3, 0.4) is 0 Å². The first-order valence-electron chi connectivity index (χ1n) is 5.90. The maximum absolute atomic E-state index is 11.1. The SMILES string of the molecule is COc1cc(CNC(CO)C(=O)O)c([N+](=O)[O-])cc1OC. The Balaban J connectivity index is 3.09. The summed E-state index contributed by atoms with van der Waals surface area (Å²) >= 11 is 0. The molecule has 1 atom stereocenters. The van der Waals surface area contributed by atoms with Crippen molar-refractivity contribution in [2.75, 3.05) is 20.8 Å². The predicted molar refractivity (Wildman–Crippen MR) is 71.5 cm³/mol. The number of aliphatic carboxylic acids is 1. The number of methoxy groups -OCH3 is 2. The number of carboxylic acids is 1. The normalized spacial score (nSPS) is 11.8. The van der Waals surface area contributed by atoms with Crippen LogP contribution in [0.15, 0.2) is 12.1 Å². The molecule has 0 amide bonds. The highest BCUT2D eigenvalue weighted by molar-refractivity contribution is 5.73. The molecular formula is C12H16N2O7. The van der Waals surface area contributed by atoms with Crippen molar-refractivity contribution in [2.45, 2.75) is 12.6 Å². The number of nitrogens with one attached hydrogen (secondary N) is 1. The van der Waals surface area contributed by atoms with Crippen molar-refractivity contribution in [2.24, 2.45) is 0 Å². The van der Waals surface area contributed by atoms with Crippen molar-refractivity contribution in [3.05, 3.63) is 27.8 Å². The number of carboxylic acid groups (broad SMARTS) is 1. The Labute approximate surface area is 120 Å². The molecule has 9 nitrogen and oxygen atoms in total. The minimum absolute atomic E-state index is 0.117. The minimum Gasteiger partial charge on any atom is -0.493 e. The fraction of sp³-hybridized carbons (Fsp3) is 0.417. The molecule has 0 radical (unpaired) electrons. The molecule has 0 saturated heterocycles. The van der Waals surface area contributed by atoms with Crippen LogP contribution in [0.4, 0.5) is 5.69 Å². The van der Waals surface area contributed by atoms with Crippen LogP contribution in [0.25, 0.3) is 0 Å². The Morgan fingerprint density at radius 2 is 1.95 bits per heavy atom. The number of aliphatic hydroxyl groups excluding tert-OH is 1. The van der Waals surface area contributed by atoms with Gasteiger partial charge in [-0.3, -0.25) is 20.2 Å². The second-order valence-electron chi connectivity index (χ2n) is 4.05. The summed E-state index contributed by atoms with van der Waals surface area (Å²) in [5.74, 6) is -0.763. The maximum atomic E-state index is 11.1. The molecular weight excluding hydrogens is 284 g/mol. The summed E-state index contributed by atoms with van der Waals surface area (Å²) < 4.78 is 10.0. The molecule has 0 aliphatic rings. The Kier molecular flexibility index (Phi) is 5.88. The second kappa shape index (κ2) is 7.41. The van der Waals surface area contributed by atoms with Crippen molar-refractivity contribution in [1.82, 2.24) is 5.32 Å². The molecule has 0 heterocycles. The van der Waals surface area contributed by atoms with E-state index in [4.69, 9.17) is 19.7 Å². The molecule has 0 fully saturated rings. The van der Waals surface area contributed by atoms with Crippen LogP contribution in [0.1, 0.15) is 5.56 Å². The molecule has 3 N–H and O–H groups in total. The smallest absolute Gasteiger partial charge is 0.323 e. The second-order valence-corrected chi connectivity index (χ2v) is 4.05. The van der Waals surface area contributed by atoms with Crippen LogP contribution in [-0.4, -0.2) is 48.0 Å². The zero-order valence-electron chi connectivity index (χ0n) is 11.5. The third kappa shape index (κ3) is 4.04. The first-order valence-corrected chi connectivity index (χ1v) is 5.90. The number of benzene rings is 1. The number of ether oxygens (including phenoxy) is 2. The van der Waals surface area contributed by atoms with Gasteiger partial charge in [-0.1, -0.05) is 0 Å².